The molecule has 2 aromatic rings. The zero-order valence-electron chi connectivity index (χ0n) is 16.4. The van der Waals surface area contributed by atoms with Gasteiger partial charge in [0.1, 0.15) is 0 Å². The van der Waals surface area contributed by atoms with Crippen molar-refractivity contribution in [3.8, 4) is 0 Å². The van der Waals surface area contributed by atoms with Crippen molar-refractivity contribution in [1.82, 2.24) is 20.5 Å². The number of nitrogens with zero attached hydrogens (tertiary/aromatic N) is 3. The molecule has 1 unspecified atom stereocenters. The largest absolute Gasteiger partial charge is 0.356 e. The number of aliphatic imine (C=N–C) groups is 1. The second-order valence-corrected chi connectivity index (χ2v) is 7.08. The second kappa shape index (κ2) is 11.4. The van der Waals surface area contributed by atoms with Crippen LogP contribution in [0.3, 0.4) is 0 Å². The van der Waals surface area contributed by atoms with E-state index in [9.17, 15) is 0 Å². The summed E-state index contributed by atoms with van der Waals surface area (Å²) in [4.78, 5) is 11.5. The Labute approximate surface area is 180 Å². The zero-order valence-corrected chi connectivity index (χ0v) is 18.8. The fourth-order valence-electron chi connectivity index (χ4n) is 3.69. The number of pyridine rings is 1. The van der Waals surface area contributed by atoms with E-state index in [0.29, 0.717) is 0 Å². The first kappa shape index (κ1) is 21.9. The van der Waals surface area contributed by atoms with Crippen LogP contribution >= 0.6 is 24.0 Å². The van der Waals surface area contributed by atoms with E-state index in [-0.39, 0.29) is 24.0 Å². The fourth-order valence-corrected chi connectivity index (χ4v) is 3.69. The van der Waals surface area contributed by atoms with Gasteiger partial charge in [-0.05, 0) is 44.4 Å². The molecule has 0 bridgehead atoms. The van der Waals surface area contributed by atoms with Gasteiger partial charge in [-0.15, -0.1) is 24.0 Å². The predicted molar refractivity (Wildman–Crippen MR) is 125 cm³/mol. The van der Waals surface area contributed by atoms with Gasteiger partial charge in [-0.3, -0.25) is 9.98 Å². The normalized spacial score (nSPS) is 18.1. The molecule has 1 aromatic carbocycles. The Balaban J connectivity index is 0.00000261. The first-order chi connectivity index (χ1) is 12.8. The molecule has 0 amide bonds. The number of hydrogen-bond donors (Lipinski definition) is 2. The van der Waals surface area contributed by atoms with Crippen molar-refractivity contribution in [2.45, 2.75) is 45.2 Å². The summed E-state index contributed by atoms with van der Waals surface area (Å²) in [5, 5.41) is 8.02. The molecule has 0 saturated carbocycles. The molecule has 2 heterocycles. The van der Waals surface area contributed by atoms with Gasteiger partial charge < -0.3 is 15.5 Å². The Morgan fingerprint density at radius 3 is 2.89 bits per heavy atom. The summed E-state index contributed by atoms with van der Waals surface area (Å²) in [6, 6.07) is 11.1. The van der Waals surface area contributed by atoms with Crippen LogP contribution in [0.4, 0.5) is 0 Å². The molecule has 148 valence electrons. The van der Waals surface area contributed by atoms with E-state index in [2.05, 4.69) is 56.7 Å². The standard InChI is InChI=1S/C21H31N5.HI/c1-17-8-3-4-14-26(17)15-7-13-24-21(22-2)25-16-19-10-5-9-18-11-6-12-23-20(18)19;/h5-6,9-12,17H,3-4,7-8,13-16H2,1-2H3,(H2,22,24,25);1H. The summed E-state index contributed by atoms with van der Waals surface area (Å²) >= 11 is 0. The maximum Gasteiger partial charge on any atom is 0.191 e. The van der Waals surface area contributed by atoms with Gasteiger partial charge in [0.15, 0.2) is 5.96 Å². The quantitative estimate of drug-likeness (QED) is 0.286. The first-order valence-electron chi connectivity index (χ1n) is 9.79. The maximum atomic E-state index is 4.51. The lowest BCUT2D eigenvalue weighted by atomic mass is 10.0. The number of piperidine rings is 1. The molecule has 1 aromatic heterocycles. The summed E-state index contributed by atoms with van der Waals surface area (Å²) in [6.45, 7) is 6.43. The van der Waals surface area contributed by atoms with Gasteiger partial charge in [0, 0.05) is 44.3 Å². The number of fused-ring (bicyclic) bond motifs is 1. The van der Waals surface area contributed by atoms with E-state index < -0.39 is 0 Å². The highest BCUT2D eigenvalue weighted by atomic mass is 127. The predicted octanol–water partition coefficient (Wildman–Crippen LogP) is 3.78. The molecule has 27 heavy (non-hydrogen) atoms. The van der Waals surface area contributed by atoms with E-state index in [1.807, 2.05) is 19.3 Å². The Morgan fingerprint density at radius 2 is 2.07 bits per heavy atom. The number of hydrogen-bond acceptors (Lipinski definition) is 3. The van der Waals surface area contributed by atoms with Crippen molar-refractivity contribution < 1.29 is 0 Å². The number of guanidine groups is 1. The fraction of sp³-hybridized carbons (Fsp3) is 0.524. The molecule has 1 fully saturated rings. The number of halogens is 1. The summed E-state index contributed by atoms with van der Waals surface area (Å²) in [7, 11) is 1.82. The first-order valence-corrected chi connectivity index (χ1v) is 9.79. The third-order valence-electron chi connectivity index (χ3n) is 5.24. The Hall–Kier alpha value is -1.41. The molecule has 1 aliphatic rings. The zero-order chi connectivity index (χ0) is 18.2. The number of benzene rings is 1. The summed E-state index contributed by atoms with van der Waals surface area (Å²) in [6.07, 6.45) is 7.06. The average molecular weight is 481 g/mol. The third kappa shape index (κ3) is 6.31. The highest BCUT2D eigenvalue weighted by Gasteiger charge is 2.17. The van der Waals surface area contributed by atoms with Gasteiger partial charge in [0.2, 0.25) is 0 Å². The van der Waals surface area contributed by atoms with Crippen molar-refractivity contribution in [2.75, 3.05) is 26.7 Å². The smallest absolute Gasteiger partial charge is 0.191 e. The number of nitrogens with one attached hydrogen (secondary N) is 2. The van der Waals surface area contributed by atoms with Crippen LogP contribution in [0.25, 0.3) is 10.9 Å². The minimum atomic E-state index is 0. The van der Waals surface area contributed by atoms with Crippen LogP contribution in [0, 0.1) is 0 Å². The van der Waals surface area contributed by atoms with Crippen molar-refractivity contribution >= 4 is 40.8 Å². The monoisotopic (exact) mass is 481 g/mol. The SMILES string of the molecule is CN=C(NCCCN1CCCCC1C)NCc1cccc2cccnc12.I. The van der Waals surface area contributed by atoms with E-state index >= 15 is 0 Å². The van der Waals surface area contributed by atoms with Gasteiger partial charge in [0.05, 0.1) is 5.52 Å². The average Bonchev–Trinajstić information content (AvgIpc) is 2.68. The van der Waals surface area contributed by atoms with Crippen LogP contribution < -0.4 is 10.6 Å². The van der Waals surface area contributed by atoms with Gasteiger partial charge in [-0.1, -0.05) is 30.7 Å². The molecule has 1 aliphatic heterocycles. The molecule has 0 spiro atoms. The minimum Gasteiger partial charge on any atom is -0.356 e. The molecule has 0 radical (unpaired) electrons. The van der Waals surface area contributed by atoms with Gasteiger partial charge >= 0.3 is 0 Å². The third-order valence-corrected chi connectivity index (χ3v) is 5.24. The molecule has 2 N–H and O–H groups in total. The van der Waals surface area contributed by atoms with E-state index in [1.54, 1.807) is 0 Å². The summed E-state index contributed by atoms with van der Waals surface area (Å²) in [5.74, 6) is 0.852. The molecule has 5 nitrogen and oxygen atoms in total. The number of aromatic nitrogens is 1. The lowest BCUT2D eigenvalue weighted by molar-refractivity contribution is 0.159. The highest BCUT2D eigenvalue weighted by molar-refractivity contribution is 14.0. The van der Waals surface area contributed by atoms with Gasteiger partial charge in [-0.25, -0.2) is 0 Å². The molecular formula is C21H32IN5. The number of rotatable bonds is 6. The minimum absolute atomic E-state index is 0. The lowest BCUT2D eigenvalue weighted by Gasteiger charge is -2.33. The Bertz CT molecular complexity index is 728. The number of para-hydroxylation sites is 1. The molecule has 3 rings (SSSR count). The molecule has 1 atom stereocenters. The second-order valence-electron chi connectivity index (χ2n) is 7.08. The maximum absolute atomic E-state index is 4.51. The van der Waals surface area contributed by atoms with Gasteiger partial charge in [-0.2, -0.15) is 0 Å². The topological polar surface area (TPSA) is 52.6 Å². The molecular weight excluding hydrogens is 449 g/mol. The summed E-state index contributed by atoms with van der Waals surface area (Å²) < 4.78 is 0. The van der Waals surface area contributed by atoms with Crippen LogP contribution in [0.2, 0.25) is 0 Å². The van der Waals surface area contributed by atoms with Crippen LogP contribution in [-0.2, 0) is 6.54 Å². The van der Waals surface area contributed by atoms with E-state index in [1.165, 1.54) is 43.3 Å². The lowest BCUT2D eigenvalue weighted by Crippen LogP contribution is -2.41. The van der Waals surface area contributed by atoms with Crippen LogP contribution in [-0.4, -0.2) is 48.6 Å². The van der Waals surface area contributed by atoms with Crippen molar-refractivity contribution in [3.63, 3.8) is 0 Å². The Kier molecular flexibility index (Phi) is 9.27. The van der Waals surface area contributed by atoms with E-state index in [4.69, 9.17) is 0 Å². The van der Waals surface area contributed by atoms with E-state index in [0.717, 1.165) is 37.0 Å². The van der Waals surface area contributed by atoms with Crippen molar-refractivity contribution in [3.05, 3.63) is 42.1 Å². The van der Waals surface area contributed by atoms with Crippen molar-refractivity contribution in [2.24, 2.45) is 4.99 Å². The van der Waals surface area contributed by atoms with Crippen molar-refractivity contribution in [1.29, 1.82) is 0 Å². The van der Waals surface area contributed by atoms with Gasteiger partial charge in [0.25, 0.3) is 0 Å². The van der Waals surface area contributed by atoms with Crippen LogP contribution in [0.5, 0.6) is 0 Å². The highest BCUT2D eigenvalue weighted by Crippen LogP contribution is 2.16. The Morgan fingerprint density at radius 1 is 1.22 bits per heavy atom. The molecule has 6 heteroatoms. The molecule has 1 saturated heterocycles. The summed E-state index contributed by atoms with van der Waals surface area (Å²) in [5.41, 5.74) is 2.24. The van der Waals surface area contributed by atoms with Crippen LogP contribution in [0.15, 0.2) is 41.5 Å². The molecule has 0 aliphatic carbocycles. The number of likely N-dealkylation sites (tertiary alicyclic amines) is 1. The van der Waals surface area contributed by atoms with Crippen LogP contribution in [0.1, 0.15) is 38.2 Å².